The number of rotatable bonds is 4. The zero-order valence-electron chi connectivity index (χ0n) is 16.8. The Labute approximate surface area is 189 Å². The molecule has 5 nitrogen and oxygen atoms in total. The summed E-state index contributed by atoms with van der Waals surface area (Å²) in [7, 11) is 0. The van der Waals surface area contributed by atoms with Crippen molar-refractivity contribution in [2.75, 3.05) is 29.9 Å². The SMILES string of the molecule is O=C(c1ccc(-c2n[nH]c3cc(Nc4ccccc4Cl)ccc23)cc1)N1CCSCC1. The monoisotopic (exact) mass is 448 g/mol. The molecule has 4 aromatic rings. The molecule has 31 heavy (non-hydrogen) atoms. The van der Waals surface area contributed by atoms with Gasteiger partial charge in [0.1, 0.15) is 0 Å². The van der Waals surface area contributed by atoms with E-state index in [9.17, 15) is 4.79 Å². The second-order valence-corrected chi connectivity index (χ2v) is 9.05. The highest BCUT2D eigenvalue weighted by molar-refractivity contribution is 7.99. The van der Waals surface area contributed by atoms with E-state index in [1.54, 1.807) is 0 Å². The minimum Gasteiger partial charge on any atom is -0.354 e. The number of aromatic nitrogens is 2. The molecule has 2 N–H and O–H groups in total. The lowest BCUT2D eigenvalue weighted by Gasteiger charge is -2.26. The van der Waals surface area contributed by atoms with Crippen LogP contribution in [0.1, 0.15) is 10.4 Å². The molecule has 0 aliphatic carbocycles. The second-order valence-electron chi connectivity index (χ2n) is 7.42. The van der Waals surface area contributed by atoms with Gasteiger partial charge in [0, 0.05) is 46.8 Å². The number of benzene rings is 3. The van der Waals surface area contributed by atoms with Crippen LogP contribution in [0.4, 0.5) is 11.4 Å². The van der Waals surface area contributed by atoms with E-state index < -0.39 is 0 Å². The molecule has 156 valence electrons. The topological polar surface area (TPSA) is 61.0 Å². The summed E-state index contributed by atoms with van der Waals surface area (Å²) < 4.78 is 0. The lowest BCUT2D eigenvalue weighted by atomic mass is 10.0. The molecule has 3 aromatic carbocycles. The quantitative estimate of drug-likeness (QED) is 0.413. The molecule has 0 saturated carbocycles. The van der Waals surface area contributed by atoms with Gasteiger partial charge < -0.3 is 10.2 Å². The second kappa shape index (κ2) is 8.65. The van der Waals surface area contributed by atoms with Crippen molar-refractivity contribution in [3.05, 3.63) is 77.3 Å². The Morgan fingerprint density at radius 2 is 1.81 bits per heavy atom. The van der Waals surface area contributed by atoms with Gasteiger partial charge in [0.05, 0.1) is 21.9 Å². The Morgan fingerprint density at radius 3 is 2.58 bits per heavy atom. The molecule has 1 saturated heterocycles. The van der Waals surface area contributed by atoms with Gasteiger partial charge in [0.2, 0.25) is 0 Å². The van der Waals surface area contributed by atoms with E-state index in [1.807, 2.05) is 83.4 Å². The number of hydrogen-bond donors (Lipinski definition) is 2. The van der Waals surface area contributed by atoms with Crippen molar-refractivity contribution < 1.29 is 4.79 Å². The van der Waals surface area contributed by atoms with Crippen LogP contribution in [0.3, 0.4) is 0 Å². The van der Waals surface area contributed by atoms with Gasteiger partial charge in [-0.3, -0.25) is 9.89 Å². The van der Waals surface area contributed by atoms with Crippen molar-refractivity contribution in [1.29, 1.82) is 0 Å². The first-order valence-corrected chi connectivity index (χ1v) is 11.7. The van der Waals surface area contributed by atoms with Gasteiger partial charge >= 0.3 is 0 Å². The van der Waals surface area contributed by atoms with Gasteiger partial charge in [-0.2, -0.15) is 16.9 Å². The number of carbonyl (C=O) groups excluding carboxylic acids is 1. The molecule has 0 bridgehead atoms. The molecule has 7 heteroatoms. The van der Waals surface area contributed by atoms with E-state index in [4.69, 9.17) is 11.6 Å². The first-order chi connectivity index (χ1) is 15.2. The highest BCUT2D eigenvalue weighted by atomic mass is 35.5. The van der Waals surface area contributed by atoms with Gasteiger partial charge in [0.15, 0.2) is 0 Å². The lowest BCUT2D eigenvalue weighted by Crippen LogP contribution is -2.37. The third-order valence-corrected chi connectivity index (χ3v) is 6.69. The van der Waals surface area contributed by atoms with Crippen LogP contribution >= 0.6 is 23.4 Å². The number of amides is 1. The number of halogens is 1. The summed E-state index contributed by atoms with van der Waals surface area (Å²) in [4.78, 5) is 14.6. The maximum Gasteiger partial charge on any atom is 0.253 e. The summed E-state index contributed by atoms with van der Waals surface area (Å²) in [5.74, 6) is 2.13. The number of H-pyrrole nitrogens is 1. The molecule has 5 rings (SSSR count). The highest BCUT2D eigenvalue weighted by Gasteiger charge is 2.18. The summed E-state index contributed by atoms with van der Waals surface area (Å²) in [6.45, 7) is 1.64. The summed E-state index contributed by atoms with van der Waals surface area (Å²) in [5, 5.41) is 12.7. The van der Waals surface area contributed by atoms with Crippen molar-refractivity contribution in [1.82, 2.24) is 15.1 Å². The summed E-state index contributed by atoms with van der Waals surface area (Å²) in [5.41, 5.74) is 5.28. The Morgan fingerprint density at radius 1 is 1.03 bits per heavy atom. The fourth-order valence-corrected chi connectivity index (χ4v) is 4.84. The van der Waals surface area contributed by atoms with E-state index in [1.165, 1.54) is 0 Å². The van der Waals surface area contributed by atoms with Crippen molar-refractivity contribution in [3.63, 3.8) is 0 Å². The average molecular weight is 449 g/mol. The predicted octanol–water partition coefficient (Wildman–Crippen LogP) is 5.82. The Hall–Kier alpha value is -2.96. The molecule has 0 radical (unpaired) electrons. The number of thioether (sulfide) groups is 1. The molecule has 2 heterocycles. The van der Waals surface area contributed by atoms with Crippen LogP contribution in [0.25, 0.3) is 22.2 Å². The van der Waals surface area contributed by atoms with E-state index in [0.717, 1.165) is 63.7 Å². The van der Waals surface area contributed by atoms with Crippen molar-refractivity contribution in [2.24, 2.45) is 0 Å². The molecule has 0 unspecified atom stereocenters. The normalized spacial score (nSPS) is 14.0. The predicted molar refractivity (Wildman–Crippen MR) is 129 cm³/mol. The van der Waals surface area contributed by atoms with Crippen LogP contribution in [-0.2, 0) is 0 Å². The molecule has 1 aliphatic rings. The number of fused-ring (bicyclic) bond motifs is 1. The molecule has 0 spiro atoms. The van der Waals surface area contributed by atoms with Gasteiger partial charge in [-0.25, -0.2) is 0 Å². The molecular formula is C24H21ClN4OS. The Balaban J connectivity index is 1.38. The smallest absolute Gasteiger partial charge is 0.253 e. The van der Waals surface area contributed by atoms with Crippen LogP contribution in [0.15, 0.2) is 66.7 Å². The Bertz CT molecular complexity index is 1230. The summed E-state index contributed by atoms with van der Waals surface area (Å²) >= 11 is 8.15. The number of hydrogen-bond acceptors (Lipinski definition) is 4. The lowest BCUT2D eigenvalue weighted by molar-refractivity contribution is 0.0772. The van der Waals surface area contributed by atoms with Gasteiger partial charge in [-0.1, -0.05) is 35.9 Å². The third kappa shape index (κ3) is 4.13. The molecule has 0 atom stereocenters. The third-order valence-electron chi connectivity index (χ3n) is 5.42. The van der Waals surface area contributed by atoms with Gasteiger partial charge in [-0.15, -0.1) is 0 Å². The van der Waals surface area contributed by atoms with Gasteiger partial charge in [-0.05, 0) is 42.5 Å². The molecule has 1 aromatic heterocycles. The molecule has 1 aliphatic heterocycles. The number of nitrogens with one attached hydrogen (secondary N) is 2. The minimum atomic E-state index is 0.106. The van der Waals surface area contributed by atoms with Gasteiger partial charge in [0.25, 0.3) is 5.91 Å². The highest BCUT2D eigenvalue weighted by Crippen LogP contribution is 2.31. The van der Waals surface area contributed by atoms with Crippen molar-refractivity contribution in [2.45, 2.75) is 0 Å². The fraction of sp³-hybridized carbons (Fsp3) is 0.167. The van der Waals surface area contributed by atoms with Crippen LogP contribution in [0.5, 0.6) is 0 Å². The van der Waals surface area contributed by atoms with E-state index in [2.05, 4.69) is 15.5 Å². The summed E-state index contributed by atoms with van der Waals surface area (Å²) in [6, 6.07) is 21.4. The van der Waals surface area contributed by atoms with Crippen molar-refractivity contribution >= 4 is 51.5 Å². The molecular weight excluding hydrogens is 428 g/mol. The van der Waals surface area contributed by atoms with Crippen LogP contribution in [0.2, 0.25) is 5.02 Å². The zero-order valence-corrected chi connectivity index (χ0v) is 18.3. The van der Waals surface area contributed by atoms with E-state index in [-0.39, 0.29) is 5.91 Å². The number of nitrogens with zero attached hydrogens (tertiary/aromatic N) is 2. The summed E-state index contributed by atoms with van der Waals surface area (Å²) in [6.07, 6.45) is 0. The Kier molecular flexibility index (Phi) is 5.57. The number of anilines is 2. The number of carbonyl (C=O) groups is 1. The van der Waals surface area contributed by atoms with Crippen LogP contribution in [0, 0.1) is 0 Å². The van der Waals surface area contributed by atoms with Crippen molar-refractivity contribution in [3.8, 4) is 11.3 Å². The fourth-order valence-electron chi connectivity index (χ4n) is 3.76. The average Bonchev–Trinajstić information content (AvgIpc) is 3.24. The standard InChI is InChI=1S/C24H21ClN4OS/c25-20-3-1-2-4-21(20)26-18-9-10-19-22(15-18)27-28-23(19)16-5-7-17(8-6-16)24(30)29-11-13-31-14-12-29/h1-10,15,26H,11-14H2,(H,27,28). The van der Waals surface area contributed by atoms with E-state index in [0.29, 0.717) is 5.02 Å². The molecule has 1 amide bonds. The zero-order chi connectivity index (χ0) is 21.2. The van der Waals surface area contributed by atoms with E-state index >= 15 is 0 Å². The first kappa shape index (κ1) is 20.0. The minimum absolute atomic E-state index is 0.106. The maximum atomic E-state index is 12.7. The van der Waals surface area contributed by atoms with Crippen LogP contribution < -0.4 is 5.32 Å². The first-order valence-electron chi connectivity index (χ1n) is 10.2. The number of aromatic amines is 1. The largest absolute Gasteiger partial charge is 0.354 e. The maximum absolute atomic E-state index is 12.7. The number of para-hydroxylation sites is 1. The van der Waals surface area contributed by atoms with Crippen LogP contribution in [-0.4, -0.2) is 45.6 Å². The molecule has 1 fully saturated rings.